The Morgan fingerprint density at radius 1 is 0.679 bits per heavy atom. The fraction of sp³-hybridized carbons (Fsp3) is 0.480. The monoisotopic (exact) mass is 383 g/mol. The third-order valence-corrected chi connectivity index (χ3v) is 5.10. The van der Waals surface area contributed by atoms with Crippen molar-refractivity contribution in [1.29, 1.82) is 0 Å². The van der Waals surface area contributed by atoms with Crippen LogP contribution in [0.25, 0.3) is 11.1 Å². The first kappa shape index (κ1) is 22.1. The maximum absolute atomic E-state index is 12.6. The molecule has 0 unspecified atom stereocenters. The van der Waals surface area contributed by atoms with E-state index >= 15 is 0 Å². The Hall–Kier alpha value is -2.16. The van der Waals surface area contributed by atoms with Crippen LogP contribution in [0.2, 0.25) is 0 Å². The summed E-state index contributed by atoms with van der Waals surface area (Å²) < 4.78 is 12.0. The van der Waals surface area contributed by atoms with Crippen molar-refractivity contribution in [2.75, 3.05) is 13.2 Å². The van der Waals surface area contributed by atoms with Crippen molar-refractivity contribution in [3.63, 3.8) is 0 Å². The molecule has 0 fully saturated rings. The molecule has 0 saturated heterocycles. The Bertz CT molecular complexity index is 671. The van der Waals surface area contributed by atoms with Crippen molar-refractivity contribution in [3.05, 3.63) is 60.2 Å². The molecule has 0 saturated carbocycles. The lowest BCUT2D eigenvalue weighted by atomic mass is 9.99. The van der Waals surface area contributed by atoms with Gasteiger partial charge in [-0.05, 0) is 30.0 Å². The minimum absolute atomic E-state index is 0.00716. The van der Waals surface area contributed by atoms with E-state index in [1.54, 1.807) is 0 Å². The second kappa shape index (κ2) is 13.9. The summed E-state index contributed by atoms with van der Waals surface area (Å²) >= 11 is 0. The SMILES string of the molecule is O=C(NCCCCCCCCCCCCF)c1ccccc1-c1ccccc1. The minimum Gasteiger partial charge on any atom is -0.352 e. The highest BCUT2D eigenvalue weighted by atomic mass is 19.1. The van der Waals surface area contributed by atoms with Gasteiger partial charge in [0.25, 0.3) is 5.91 Å². The van der Waals surface area contributed by atoms with Crippen LogP contribution >= 0.6 is 0 Å². The number of alkyl halides is 1. The predicted molar refractivity (Wildman–Crippen MR) is 116 cm³/mol. The number of nitrogens with one attached hydrogen (secondary N) is 1. The zero-order chi connectivity index (χ0) is 19.9. The summed E-state index contributed by atoms with van der Waals surface area (Å²) in [6.07, 6.45) is 11.3. The molecule has 152 valence electrons. The number of rotatable bonds is 14. The molecule has 3 heteroatoms. The summed E-state index contributed by atoms with van der Waals surface area (Å²) in [5.74, 6) is 0.00716. The number of amides is 1. The fourth-order valence-corrected chi connectivity index (χ4v) is 3.48. The number of carbonyl (C=O) groups is 1. The molecule has 0 aliphatic heterocycles. The molecule has 1 N–H and O–H groups in total. The Kier molecular flexibility index (Phi) is 11.0. The van der Waals surface area contributed by atoms with Gasteiger partial charge in [0.2, 0.25) is 0 Å². The highest BCUT2D eigenvalue weighted by molar-refractivity contribution is 6.00. The van der Waals surface area contributed by atoms with Gasteiger partial charge in [0.1, 0.15) is 0 Å². The van der Waals surface area contributed by atoms with Crippen molar-refractivity contribution in [3.8, 4) is 11.1 Å². The molecule has 0 aliphatic carbocycles. The number of unbranched alkanes of at least 4 members (excludes halogenated alkanes) is 9. The van der Waals surface area contributed by atoms with Gasteiger partial charge in [-0.15, -0.1) is 0 Å². The molecule has 0 bridgehead atoms. The van der Waals surface area contributed by atoms with Crippen LogP contribution in [-0.2, 0) is 0 Å². The van der Waals surface area contributed by atoms with Gasteiger partial charge in [0, 0.05) is 12.1 Å². The van der Waals surface area contributed by atoms with Gasteiger partial charge < -0.3 is 5.32 Å². The van der Waals surface area contributed by atoms with E-state index in [4.69, 9.17) is 0 Å². The van der Waals surface area contributed by atoms with Crippen LogP contribution in [0, 0.1) is 0 Å². The number of hydrogen-bond acceptors (Lipinski definition) is 1. The summed E-state index contributed by atoms with van der Waals surface area (Å²) in [5, 5.41) is 3.07. The van der Waals surface area contributed by atoms with Gasteiger partial charge in [-0.25, -0.2) is 0 Å². The number of benzene rings is 2. The van der Waals surface area contributed by atoms with Gasteiger partial charge >= 0.3 is 0 Å². The van der Waals surface area contributed by atoms with Crippen LogP contribution in [0.1, 0.15) is 74.6 Å². The third-order valence-electron chi connectivity index (χ3n) is 5.10. The van der Waals surface area contributed by atoms with E-state index in [9.17, 15) is 9.18 Å². The van der Waals surface area contributed by atoms with Gasteiger partial charge in [-0.3, -0.25) is 9.18 Å². The van der Waals surface area contributed by atoms with Crippen molar-refractivity contribution < 1.29 is 9.18 Å². The molecule has 28 heavy (non-hydrogen) atoms. The van der Waals surface area contributed by atoms with Gasteiger partial charge in [-0.1, -0.05) is 99.9 Å². The van der Waals surface area contributed by atoms with E-state index in [1.165, 1.54) is 38.5 Å². The lowest BCUT2D eigenvalue weighted by Gasteiger charge is -2.10. The topological polar surface area (TPSA) is 29.1 Å². The predicted octanol–water partition coefficient (Wildman–Crippen LogP) is 6.95. The van der Waals surface area contributed by atoms with Crippen molar-refractivity contribution in [2.24, 2.45) is 0 Å². The number of halogens is 1. The quantitative estimate of drug-likeness (QED) is 0.351. The normalized spacial score (nSPS) is 10.8. The van der Waals surface area contributed by atoms with Crippen molar-refractivity contribution in [2.45, 2.75) is 64.2 Å². The van der Waals surface area contributed by atoms with Crippen LogP contribution in [-0.4, -0.2) is 19.1 Å². The lowest BCUT2D eigenvalue weighted by molar-refractivity contribution is 0.0953. The van der Waals surface area contributed by atoms with E-state index in [2.05, 4.69) is 5.32 Å². The first-order valence-electron chi connectivity index (χ1n) is 10.8. The fourth-order valence-electron chi connectivity index (χ4n) is 3.48. The smallest absolute Gasteiger partial charge is 0.251 e. The van der Waals surface area contributed by atoms with E-state index in [-0.39, 0.29) is 12.6 Å². The highest BCUT2D eigenvalue weighted by Crippen LogP contribution is 2.23. The van der Waals surface area contributed by atoms with Gasteiger partial charge in [-0.2, -0.15) is 0 Å². The van der Waals surface area contributed by atoms with Crippen molar-refractivity contribution >= 4 is 5.91 Å². The standard InChI is InChI=1S/C25H34FNO/c26-20-14-7-5-3-1-2-4-6-8-15-21-27-25(28)24-19-13-12-18-23(24)22-16-10-9-11-17-22/h9-13,16-19H,1-8,14-15,20-21H2,(H,27,28). The molecular weight excluding hydrogens is 349 g/mol. The van der Waals surface area contributed by atoms with Gasteiger partial charge in [0.05, 0.1) is 6.67 Å². The summed E-state index contributed by atoms with van der Waals surface area (Å²) in [7, 11) is 0. The van der Waals surface area contributed by atoms with Gasteiger partial charge in [0.15, 0.2) is 0 Å². The highest BCUT2D eigenvalue weighted by Gasteiger charge is 2.11. The first-order valence-corrected chi connectivity index (χ1v) is 10.8. The number of carbonyl (C=O) groups excluding carboxylic acids is 1. The molecule has 2 nitrogen and oxygen atoms in total. The first-order chi connectivity index (χ1) is 13.8. The molecule has 2 aromatic rings. The molecule has 0 atom stereocenters. The molecule has 0 radical (unpaired) electrons. The third kappa shape index (κ3) is 8.24. The van der Waals surface area contributed by atoms with Crippen LogP contribution in [0.3, 0.4) is 0 Å². The Morgan fingerprint density at radius 2 is 1.21 bits per heavy atom. The Morgan fingerprint density at radius 3 is 1.86 bits per heavy atom. The van der Waals surface area contributed by atoms with E-state index in [0.717, 1.165) is 48.9 Å². The largest absolute Gasteiger partial charge is 0.352 e. The lowest BCUT2D eigenvalue weighted by Crippen LogP contribution is -2.25. The second-order valence-corrected chi connectivity index (χ2v) is 7.39. The summed E-state index contributed by atoms with van der Waals surface area (Å²) in [5.41, 5.74) is 2.78. The van der Waals surface area contributed by atoms with Crippen LogP contribution < -0.4 is 5.32 Å². The minimum atomic E-state index is -0.172. The van der Waals surface area contributed by atoms with Crippen LogP contribution in [0.4, 0.5) is 4.39 Å². The molecule has 0 aromatic heterocycles. The summed E-state index contributed by atoms with van der Waals surface area (Å²) in [6, 6.07) is 17.8. The Balaban J connectivity index is 1.60. The zero-order valence-electron chi connectivity index (χ0n) is 17.0. The number of hydrogen-bond donors (Lipinski definition) is 1. The average molecular weight is 384 g/mol. The molecule has 1 amide bonds. The summed E-state index contributed by atoms with van der Waals surface area (Å²) in [6.45, 7) is 0.555. The van der Waals surface area contributed by atoms with Crippen molar-refractivity contribution in [1.82, 2.24) is 5.32 Å². The average Bonchev–Trinajstić information content (AvgIpc) is 2.75. The molecule has 0 aliphatic rings. The van der Waals surface area contributed by atoms with E-state index in [0.29, 0.717) is 0 Å². The molecule has 0 spiro atoms. The Labute approximate surface area is 169 Å². The maximum Gasteiger partial charge on any atom is 0.251 e. The summed E-state index contributed by atoms with van der Waals surface area (Å²) in [4.78, 5) is 12.6. The molecule has 0 heterocycles. The zero-order valence-corrected chi connectivity index (χ0v) is 17.0. The maximum atomic E-state index is 12.6. The van der Waals surface area contributed by atoms with E-state index in [1.807, 2.05) is 54.6 Å². The van der Waals surface area contributed by atoms with E-state index < -0.39 is 0 Å². The molecule has 2 rings (SSSR count). The second-order valence-electron chi connectivity index (χ2n) is 7.39. The molecule has 2 aromatic carbocycles. The van der Waals surface area contributed by atoms with Crippen LogP contribution in [0.15, 0.2) is 54.6 Å². The van der Waals surface area contributed by atoms with Crippen LogP contribution in [0.5, 0.6) is 0 Å². The molecular formula is C25H34FNO.